The van der Waals surface area contributed by atoms with Crippen LogP contribution in [-0.4, -0.2) is 43.8 Å². The number of rotatable bonds is 5. The molecule has 1 N–H and O–H groups in total. The molecule has 32 heavy (non-hydrogen) atoms. The number of hydrogen-bond donors (Lipinski definition) is 1. The van der Waals surface area contributed by atoms with E-state index in [1.165, 1.54) is 12.3 Å². The maximum Gasteiger partial charge on any atom is 0.226 e. The van der Waals surface area contributed by atoms with Gasteiger partial charge in [-0.15, -0.1) is 0 Å². The van der Waals surface area contributed by atoms with Crippen LogP contribution in [0.2, 0.25) is 0 Å². The molecule has 1 saturated heterocycles. The van der Waals surface area contributed by atoms with E-state index in [-0.39, 0.29) is 10.9 Å². The van der Waals surface area contributed by atoms with E-state index in [9.17, 15) is 17.2 Å². The van der Waals surface area contributed by atoms with Gasteiger partial charge in [0.15, 0.2) is 21.5 Å². The van der Waals surface area contributed by atoms with Gasteiger partial charge >= 0.3 is 0 Å². The largest absolute Gasteiger partial charge is 0.341 e. The Kier molecular flexibility index (Phi) is 6.39. The van der Waals surface area contributed by atoms with Crippen molar-refractivity contribution in [1.82, 2.24) is 15.3 Å². The molecule has 0 spiro atoms. The average Bonchev–Trinajstić information content (AvgIpc) is 2.99. The number of nitrogens with zero attached hydrogens (tertiary/aromatic N) is 3. The summed E-state index contributed by atoms with van der Waals surface area (Å²) in [5, 5.41) is 4.27. The summed E-state index contributed by atoms with van der Waals surface area (Å²) in [6.07, 6.45) is 3.92. The van der Waals surface area contributed by atoms with Crippen molar-refractivity contribution in [3.63, 3.8) is 0 Å². The molecule has 1 fully saturated rings. The zero-order valence-electron chi connectivity index (χ0n) is 18.1. The molecule has 0 unspecified atom stereocenters. The predicted molar refractivity (Wildman–Crippen MR) is 120 cm³/mol. The summed E-state index contributed by atoms with van der Waals surface area (Å²) in [5.74, 6) is -1.07. The summed E-state index contributed by atoms with van der Waals surface area (Å²) in [7, 11) is -3.32. The molecule has 1 aliphatic heterocycles. The first kappa shape index (κ1) is 22.5. The Morgan fingerprint density at radius 2 is 1.88 bits per heavy atom. The van der Waals surface area contributed by atoms with Gasteiger partial charge in [0.05, 0.1) is 16.1 Å². The van der Waals surface area contributed by atoms with Crippen molar-refractivity contribution in [2.75, 3.05) is 24.2 Å². The normalized spacial score (nSPS) is 17.5. The van der Waals surface area contributed by atoms with Gasteiger partial charge in [-0.25, -0.2) is 27.2 Å². The lowest BCUT2D eigenvalue weighted by Gasteiger charge is -2.22. The molecule has 2 heterocycles. The Morgan fingerprint density at radius 1 is 1.06 bits per heavy atom. The summed E-state index contributed by atoms with van der Waals surface area (Å²) in [6.45, 7) is 3.91. The monoisotopic (exact) mass is 460 g/mol. The fraction of sp³-hybridized carbons (Fsp3) is 0.391. The second-order valence-electron chi connectivity index (χ2n) is 8.30. The molecule has 1 aliphatic rings. The molecule has 6 nitrogen and oxygen atoms in total. The Hall–Kier alpha value is -2.65. The van der Waals surface area contributed by atoms with Crippen LogP contribution in [0.25, 0.3) is 10.9 Å². The third-order valence-electron chi connectivity index (χ3n) is 5.87. The van der Waals surface area contributed by atoms with E-state index >= 15 is 0 Å². The summed E-state index contributed by atoms with van der Waals surface area (Å²) in [4.78, 5) is 11.7. The van der Waals surface area contributed by atoms with Crippen LogP contribution >= 0.6 is 0 Å². The van der Waals surface area contributed by atoms with Gasteiger partial charge in [0.1, 0.15) is 0 Å². The Morgan fingerprint density at radius 3 is 2.62 bits per heavy atom. The van der Waals surface area contributed by atoms with Crippen LogP contribution in [0.15, 0.2) is 41.3 Å². The fourth-order valence-electron chi connectivity index (χ4n) is 4.04. The Bertz CT molecular complexity index is 1250. The van der Waals surface area contributed by atoms with Gasteiger partial charge in [0.25, 0.3) is 0 Å². The van der Waals surface area contributed by atoms with Crippen LogP contribution < -0.4 is 10.2 Å². The minimum Gasteiger partial charge on any atom is -0.341 e. The standard InChI is InChI=1S/C23H26F2N4O2S/c1-15-19-7-6-18(32(2,30)31)13-22(19)28-23(27-15)29-10-3-4-17(9-11-29)26-14-16-5-8-20(24)21(25)12-16/h5-8,12-13,17,26H,3-4,9-11,14H2,1-2H3/t17-/m0/s1. The average molecular weight is 461 g/mol. The molecule has 2 aromatic carbocycles. The van der Waals surface area contributed by atoms with Gasteiger partial charge < -0.3 is 10.2 Å². The first-order chi connectivity index (χ1) is 15.2. The second-order valence-corrected chi connectivity index (χ2v) is 10.3. The van der Waals surface area contributed by atoms with Crippen molar-refractivity contribution < 1.29 is 17.2 Å². The van der Waals surface area contributed by atoms with Gasteiger partial charge in [0.2, 0.25) is 5.95 Å². The molecular formula is C23H26F2N4O2S. The highest BCUT2D eigenvalue weighted by atomic mass is 32.2. The fourth-order valence-corrected chi connectivity index (χ4v) is 4.68. The number of halogens is 2. The van der Waals surface area contributed by atoms with Gasteiger partial charge in [-0.2, -0.15) is 0 Å². The summed E-state index contributed by atoms with van der Waals surface area (Å²) in [6, 6.07) is 9.15. The number of benzene rings is 2. The van der Waals surface area contributed by atoms with Crippen LogP contribution in [0.5, 0.6) is 0 Å². The SMILES string of the molecule is Cc1nc(N2CCC[C@H](NCc3ccc(F)c(F)c3)CC2)nc2cc(S(C)(=O)=O)ccc12. The van der Waals surface area contributed by atoms with Gasteiger partial charge in [0, 0.05) is 37.3 Å². The first-order valence-electron chi connectivity index (χ1n) is 10.6. The molecular weight excluding hydrogens is 434 g/mol. The maximum absolute atomic E-state index is 13.4. The molecule has 0 radical (unpaired) electrons. The minimum absolute atomic E-state index is 0.242. The van der Waals surface area contributed by atoms with Gasteiger partial charge in [-0.1, -0.05) is 6.07 Å². The molecule has 1 atom stereocenters. The van der Waals surface area contributed by atoms with E-state index in [2.05, 4.69) is 20.2 Å². The van der Waals surface area contributed by atoms with Crippen molar-refractivity contribution in [3.8, 4) is 0 Å². The van der Waals surface area contributed by atoms with E-state index < -0.39 is 21.5 Å². The highest BCUT2D eigenvalue weighted by molar-refractivity contribution is 7.90. The zero-order valence-corrected chi connectivity index (χ0v) is 18.9. The van der Waals surface area contributed by atoms with E-state index in [0.29, 0.717) is 23.6 Å². The lowest BCUT2D eigenvalue weighted by atomic mass is 10.1. The molecule has 0 bridgehead atoms. The predicted octanol–water partition coefficient (Wildman–Crippen LogP) is 3.77. The van der Waals surface area contributed by atoms with Crippen LogP contribution in [0.4, 0.5) is 14.7 Å². The number of aryl methyl sites for hydroxylation is 1. The molecule has 4 rings (SSSR count). The molecule has 3 aromatic rings. The van der Waals surface area contributed by atoms with Gasteiger partial charge in [-0.05, 0) is 62.1 Å². The Balaban J connectivity index is 1.47. The molecule has 170 valence electrons. The smallest absolute Gasteiger partial charge is 0.226 e. The number of aromatic nitrogens is 2. The molecule has 0 saturated carbocycles. The molecule has 9 heteroatoms. The molecule has 1 aromatic heterocycles. The number of sulfone groups is 1. The molecule has 0 aliphatic carbocycles. The third kappa shape index (κ3) is 5.05. The number of fused-ring (bicyclic) bond motifs is 1. The second kappa shape index (κ2) is 9.07. The maximum atomic E-state index is 13.4. The lowest BCUT2D eigenvalue weighted by molar-refractivity contribution is 0.466. The van der Waals surface area contributed by atoms with Crippen LogP contribution in [-0.2, 0) is 16.4 Å². The zero-order chi connectivity index (χ0) is 22.9. The van der Waals surface area contributed by atoms with Crippen molar-refractivity contribution in [2.24, 2.45) is 0 Å². The number of anilines is 1. The van der Waals surface area contributed by atoms with E-state index in [0.717, 1.165) is 49.5 Å². The summed E-state index contributed by atoms with van der Waals surface area (Å²) in [5.41, 5.74) is 2.13. The number of nitrogens with one attached hydrogen (secondary N) is 1. The van der Waals surface area contributed by atoms with Crippen molar-refractivity contribution in [1.29, 1.82) is 0 Å². The van der Waals surface area contributed by atoms with Crippen LogP contribution in [0.1, 0.15) is 30.5 Å². The van der Waals surface area contributed by atoms with Gasteiger partial charge in [-0.3, -0.25) is 0 Å². The van der Waals surface area contributed by atoms with Crippen molar-refractivity contribution in [3.05, 3.63) is 59.3 Å². The van der Waals surface area contributed by atoms with E-state index in [1.807, 2.05) is 6.92 Å². The third-order valence-corrected chi connectivity index (χ3v) is 6.98. The Labute approximate surface area is 186 Å². The summed E-state index contributed by atoms with van der Waals surface area (Å²) >= 11 is 0. The topological polar surface area (TPSA) is 75.2 Å². The highest BCUT2D eigenvalue weighted by Crippen LogP contribution is 2.24. The quantitative estimate of drug-likeness (QED) is 0.625. The van der Waals surface area contributed by atoms with E-state index in [4.69, 9.17) is 0 Å². The number of hydrogen-bond acceptors (Lipinski definition) is 6. The highest BCUT2D eigenvalue weighted by Gasteiger charge is 2.20. The lowest BCUT2D eigenvalue weighted by Crippen LogP contribution is -2.31. The van der Waals surface area contributed by atoms with Crippen molar-refractivity contribution >= 4 is 26.7 Å². The molecule has 0 amide bonds. The minimum atomic E-state index is -3.32. The van der Waals surface area contributed by atoms with E-state index in [1.54, 1.807) is 24.3 Å². The van der Waals surface area contributed by atoms with Crippen molar-refractivity contribution in [2.45, 2.75) is 43.7 Å². The van der Waals surface area contributed by atoms with Crippen LogP contribution in [0.3, 0.4) is 0 Å². The summed E-state index contributed by atoms with van der Waals surface area (Å²) < 4.78 is 50.4. The van der Waals surface area contributed by atoms with Crippen LogP contribution in [0, 0.1) is 18.6 Å². The first-order valence-corrected chi connectivity index (χ1v) is 12.5.